The first-order valence-corrected chi connectivity index (χ1v) is 10.6. The fourth-order valence-corrected chi connectivity index (χ4v) is 3.87. The van der Waals surface area contributed by atoms with Crippen LogP contribution in [0.15, 0.2) is 42.5 Å². The number of urea groups is 1. The van der Waals surface area contributed by atoms with Crippen LogP contribution in [-0.4, -0.2) is 73.2 Å². The molecular weight excluding hydrogens is 427 g/mol. The number of rotatable bonds is 5. The summed E-state index contributed by atoms with van der Waals surface area (Å²) in [5, 5.41) is 25.1. The summed E-state index contributed by atoms with van der Waals surface area (Å²) < 4.78 is 5.40. The number of nitrogens with zero attached hydrogens (tertiary/aromatic N) is 2. The average Bonchev–Trinajstić information content (AvgIpc) is 2.73. The lowest BCUT2D eigenvalue weighted by atomic mass is 9.72. The van der Waals surface area contributed by atoms with E-state index < -0.39 is 24.9 Å². The number of amides is 3. The maximum atomic E-state index is 12.6. The van der Waals surface area contributed by atoms with Gasteiger partial charge < -0.3 is 35.2 Å². The lowest BCUT2D eigenvalue weighted by molar-refractivity contribution is -0.129. The van der Waals surface area contributed by atoms with Crippen molar-refractivity contribution < 1.29 is 29.2 Å². The van der Waals surface area contributed by atoms with Gasteiger partial charge in [-0.15, -0.1) is 0 Å². The number of fused-ring (bicyclic) bond motifs is 1. The molecule has 0 aromatic heterocycles. The number of hydrogen-bond donors (Lipinski definition) is 4. The van der Waals surface area contributed by atoms with Crippen LogP contribution in [0.2, 0.25) is 0 Å². The van der Waals surface area contributed by atoms with E-state index in [4.69, 9.17) is 4.65 Å². The fourth-order valence-electron chi connectivity index (χ4n) is 3.87. The van der Waals surface area contributed by atoms with E-state index in [1.165, 1.54) is 11.0 Å². The Balaban J connectivity index is 1.29. The summed E-state index contributed by atoms with van der Waals surface area (Å²) >= 11 is 0. The number of carbonyl (C=O) groups is 3. The Bertz CT molecular complexity index is 1070. The van der Waals surface area contributed by atoms with Crippen LogP contribution in [0.1, 0.15) is 15.9 Å². The predicted octanol–water partition coefficient (Wildman–Crippen LogP) is 1.05. The van der Waals surface area contributed by atoms with Crippen molar-refractivity contribution in [3.8, 4) is 5.75 Å². The van der Waals surface area contributed by atoms with Gasteiger partial charge in [0, 0.05) is 38.6 Å². The molecule has 4 N–H and O–H groups in total. The molecule has 172 valence electrons. The summed E-state index contributed by atoms with van der Waals surface area (Å²) in [5.74, 6) is -2.44. The van der Waals surface area contributed by atoms with E-state index in [1.807, 2.05) is 43.3 Å². The summed E-state index contributed by atoms with van der Waals surface area (Å²) in [7, 11) is 2.50. The molecule has 4 rings (SSSR count). The number of aromatic carboxylic acids is 1. The molecule has 0 aliphatic carbocycles. The second kappa shape index (κ2) is 9.03. The minimum Gasteiger partial charge on any atom is -0.534 e. The molecule has 1 atom stereocenters. The smallest absolute Gasteiger partial charge is 0.534 e. The number of nitrogens with one attached hydrogen (secondary N) is 2. The van der Waals surface area contributed by atoms with Gasteiger partial charge in [0.2, 0.25) is 5.91 Å². The van der Waals surface area contributed by atoms with Crippen LogP contribution >= 0.6 is 0 Å². The topological polar surface area (TPSA) is 131 Å². The van der Waals surface area contributed by atoms with Gasteiger partial charge in [-0.3, -0.25) is 4.79 Å². The van der Waals surface area contributed by atoms with Crippen molar-refractivity contribution in [2.45, 2.75) is 12.4 Å². The fraction of sp³-hybridized carbons (Fsp3) is 0.318. The Morgan fingerprint density at radius 2 is 1.82 bits per heavy atom. The molecule has 11 heteroatoms. The number of carboxylic acid groups (broad SMARTS) is 1. The monoisotopic (exact) mass is 452 g/mol. The van der Waals surface area contributed by atoms with E-state index in [0.29, 0.717) is 11.3 Å². The van der Waals surface area contributed by atoms with Crippen LogP contribution < -0.4 is 20.2 Å². The third-order valence-electron chi connectivity index (χ3n) is 5.85. The van der Waals surface area contributed by atoms with Gasteiger partial charge in [-0.05, 0) is 42.3 Å². The molecule has 3 amide bonds. The minimum absolute atomic E-state index is 0.0340. The number of benzene rings is 2. The Morgan fingerprint density at radius 1 is 1.12 bits per heavy atom. The van der Waals surface area contributed by atoms with Crippen molar-refractivity contribution in [2.24, 2.45) is 5.92 Å². The van der Waals surface area contributed by atoms with E-state index in [-0.39, 0.29) is 42.8 Å². The van der Waals surface area contributed by atoms with Gasteiger partial charge in [-0.25, -0.2) is 9.59 Å². The molecule has 10 nitrogen and oxygen atoms in total. The third kappa shape index (κ3) is 4.72. The zero-order valence-corrected chi connectivity index (χ0v) is 18.3. The number of carboxylic acids is 1. The minimum atomic E-state index is -1.37. The highest BCUT2D eigenvalue weighted by molar-refractivity contribution is 6.47. The van der Waals surface area contributed by atoms with Gasteiger partial charge >= 0.3 is 19.1 Å². The largest absolute Gasteiger partial charge is 0.547 e. The molecule has 33 heavy (non-hydrogen) atoms. The number of carbonyl (C=O) groups excluding carboxylic acids is 2. The second-order valence-corrected chi connectivity index (χ2v) is 8.40. The van der Waals surface area contributed by atoms with E-state index in [2.05, 4.69) is 10.6 Å². The number of hydrogen-bond acceptors (Lipinski definition) is 6. The second-order valence-electron chi connectivity index (χ2n) is 8.40. The SMILES string of the molecule is CN(C)c1ccc(NC(=O)N2CC(C(=O)N[C@H]3Cc4cccc(C(=O)O)c4OB3O)C2)cc1. The molecule has 2 aromatic rings. The number of likely N-dealkylation sites (tertiary alicyclic amines) is 1. The number of anilines is 2. The van der Waals surface area contributed by atoms with Gasteiger partial charge in [0.05, 0.1) is 17.4 Å². The first kappa shape index (κ1) is 22.5. The van der Waals surface area contributed by atoms with Crippen molar-refractivity contribution in [3.63, 3.8) is 0 Å². The van der Waals surface area contributed by atoms with Gasteiger partial charge in [-0.2, -0.15) is 0 Å². The summed E-state index contributed by atoms with van der Waals surface area (Å²) in [6, 6.07) is 11.8. The lowest BCUT2D eigenvalue weighted by Crippen LogP contribution is -2.61. The van der Waals surface area contributed by atoms with Crippen molar-refractivity contribution in [3.05, 3.63) is 53.6 Å². The first-order chi connectivity index (χ1) is 15.7. The molecule has 2 heterocycles. The molecule has 1 saturated heterocycles. The van der Waals surface area contributed by atoms with Crippen LogP contribution in [0.3, 0.4) is 0 Å². The lowest BCUT2D eigenvalue weighted by Gasteiger charge is -2.39. The van der Waals surface area contributed by atoms with E-state index >= 15 is 0 Å². The molecule has 0 radical (unpaired) electrons. The summed E-state index contributed by atoms with van der Waals surface area (Å²) in [6.45, 7) is 0.522. The van der Waals surface area contributed by atoms with Gasteiger partial charge in [-0.1, -0.05) is 12.1 Å². The molecule has 0 spiro atoms. The van der Waals surface area contributed by atoms with Crippen LogP contribution in [-0.2, 0) is 11.2 Å². The van der Waals surface area contributed by atoms with Crippen LogP contribution in [0.4, 0.5) is 16.2 Å². The maximum absolute atomic E-state index is 12.6. The van der Waals surface area contributed by atoms with E-state index in [1.54, 1.807) is 12.1 Å². The summed E-state index contributed by atoms with van der Waals surface area (Å²) in [5.41, 5.74) is 2.25. The Kier molecular flexibility index (Phi) is 6.15. The average molecular weight is 452 g/mol. The van der Waals surface area contributed by atoms with Gasteiger partial charge in [0.1, 0.15) is 5.75 Å². The quantitative estimate of drug-likeness (QED) is 0.499. The van der Waals surface area contributed by atoms with Crippen molar-refractivity contribution >= 4 is 36.4 Å². The van der Waals surface area contributed by atoms with Gasteiger partial charge in [0.15, 0.2) is 0 Å². The highest BCUT2D eigenvalue weighted by Crippen LogP contribution is 2.30. The molecule has 2 aliphatic rings. The van der Waals surface area contributed by atoms with Crippen molar-refractivity contribution in [2.75, 3.05) is 37.4 Å². The summed E-state index contributed by atoms with van der Waals surface area (Å²) in [6.07, 6.45) is 0.239. The molecule has 2 aromatic carbocycles. The summed E-state index contributed by atoms with van der Waals surface area (Å²) in [4.78, 5) is 39.9. The van der Waals surface area contributed by atoms with Crippen molar-refractivity contribution in [1.82, 2.24) is 10.2 Å². The van der Waals surface area contributed by atoms with Gasteiger partial charge in [0.25, 0.3) is 0 Å². The van der Waals surface area contributed by atoms with E-state index in [0.717, 1.165) is 5.69 Å². The highest BCUT2D eigenvalue weighted by atomic mass is 16.5. The highest BCUT2D eigenvalue weighted by Gasteiger charge is 2.41. The molecule has 2 aliphatic heterocycles. The van der Waals surface area contributed by atoms with E-state index in [9.17, 15) is 24.5 Å². The Labute approximate surface area is 191 Å². The number of para-hydroxylation sites is 1. The van der Waals surface area contributed by atoms with Crippen LogP contribution in [0.25, 0.3) is 0 Å². The van der Waals surface area contributed by atoms with Crippen LogP contribution in [0.5, 0.6) is 5.75 Å². The third-order valence-corrected chi connectivity index (χ3v) is 5.85. The standard InChI is InChI=1S/C22H25BN4O6/c1-26(2)16-8-6-15(7-9-16)24-22(31)27-11-14(12-27)20(28)25-18-10-13-4-3-5-17(21(29)30)19(13)33-23(18)32/h3-9,14,18,32H,10-12H2,1-2H3,(H,24,31)(H,25,28)(H,29,30)/t18-/m0/s1. The predicted molar refractivity (Wildman–Crippen MR) is 122 cm³/mol. The Morgan fingerprint density at radius 3 is 2.45 bits per heavy atom. The molecular formula is C22H25BN4O6. The van der Waals surface area contributed by atoms with Crippen molar-refractivity contribution in [1.29, 1.82) is 0 Å². The maximum Gasteiger partial charge on any atom is 0.547 e. The van der Waals surface area contributed by atoms with Crippen LogP contribution in [0, 0.1) is 5.92 Å². The zero-order valence-electron chi connectivity index (χ0n) is 18.3. The molecule has 1 fully saturated rings. The molecule has 0 saturated carbocycles. The normalized spacial score (nSPS) is 17.4. The Hall–Kier alpha value is -3.73. The zero-order chi connectivity index (χ0) is 23.7. The molecule has 0 bridgehead atoms. The first-order valence-electron chi connectivity index (χ1n) is 10.6. The molecule has 0 unspecified atom stereocenters.